The lowest BCUT2D eigenvalue weighted by Crippen LogP contribution is -2.47. The quantitative estimate of drug-likeness (QED) is 0.828. The van der Waals surface area contributed by atoms with Crippen molar-refractivity contribution >= 4 is 23.2 Å². The fraction of sp³-hybridized carbons (Fsp3) is 0.421. The molecule has 0 saturated carbocycles. The molecule has 1 aromatic carbocycles. The fourth-order valence-corrected chi connectivity index (χ4v) is 4.39. The van der Waals surface area contributed by atoms with E-state index >= 15 is 0 Å². The molecule has 0 spiro atoms. The lowest BCUT2D eigenvalue weighted by molar-refractivity contribution is -0.140. The number of amides is 2. The molecule has 2 amide bonds. The maximum absolute atomic E-state index is 13.0. The number of aromatic nitrogens is 1. The maximum atomic E-state index is 13.0. The zero-order valence-corrected chi connectivity index (χ0v) is 15.4. The smallest absolute Gasteiger partial charge is 0.254 e. The minimum atomic E-state index is -0.123. The summed E-state index contributed by atoms with van der Waals surface area (Å²) in [6.45, 7) is 1.59. The van der Waals surface area contributed by atoms with Crippen molar-refractivity contribution in [3.63, 3.8) is 0 Å². The maximum Gasteiger partial charge on any atom is 0.254 e. The van der Waals surface area contributed by atoms with Gasteiger partial charge in [0.1, 0.15) is 5.75 Å². The molecular formula is C19H21N3O3S. The van der Waals surface area contributed by atoms with E-state index in [1.807, 2.05) is 27.3 Å². The van der Waals surface area contributed by atoms with Gasteiger partial charge in [0.05, 0.1) is 30.8 Å². The second-order valence-electron chi connectivity index (χ2n) is 6.82. The van der Waals surface area contributed by atoms with Crippen molar-refractivity contribution in [3.8, 4) is 5.75 Å². The summed E-state index contributed by atoms with van der Waals surface area (Å²) in [4.78, 5) is 33.9. The number of carbonyl (C=O) groups is 2. The Morgan fingerprint density at radius 3 is 3.00 bits per heavy atom. The van der Waals surface area contributed by atoms with Crippen molar-refractivity contribution in [2.45, 2.75) is 25.4 Å². The Balaban J connectivity index is 1.55. The van der Waals surface area contributed by atoms with Gasteiger partial charge in [-0.25, -0.2) is 4.98 Å². The van der Waals surface area contributed by atoms with Crippen LogP contribution in [0.25, 0.3) is 0 Å². The number of hydrogen-bond acceptors (Lipinski definition) is 5. The molecule has 4 heterocycles. The summed E-state index contributed by atoms with van der Waals surface area (Å²) in [6.07, 6.45) is 1.78. The van der Waals surface area contributed by atoms with E-state index in [4.69, 9.17) is 4.74 Å². The van der Waals surface area contributed by atoms with Gasteiger partial charge < -0.3 is 14.5 Å². The largest absolute Gasteiger partial charge is 0.497 e. The van der Waals surface area contributed by atoms with Crippen molar-refractivity contribution in [2.24, 2.45) is 5.92 Å². The SMILES string of the molecule is COc1cccc(C(=O)N2C[C@H]3CC[C@@H](C2)N(Cc2cscn2)C3=O)c1. The van der Waals surface area contributed by atoms with Crippen LogP contribution in [0.3, 0.4) is 0 Å². The first kappa shape index (κ1) is 17.0. The van der Waals surface area contributed by atoms with Gasteiger partial charge in [0.15, 0.2) is 0 Å². The molecule has 5 rings (SSSR count). The third-order valence-electron chi connectivity index (χ3n) is 5.21. The van der Waals surface area contributed by atoms with Crippen molar-refractivity contribution in [3.05, 3.63) is 46.4 Å². The normalized spacial score (nSPS) is 22.4. The molecule has 26 heavy (non-hydrogen) atoms. The lowest BCUT2D eigenvalue weighted by atomic mass is 9.94. The lowest BCUT2D eigenvalue weighted by Gasteiger charge is -2.35. The van der Waals surface area contributed by atoms with Gasteiger partial charge in [0.2, 0.25) is 5.91 Å². The van der Waals surface area contributed by atoms with Crippen LogP contribution in [0.1, 0.15) is 28.9 Å². The van der Waals surface area contributed by atoms with E-state index < -0.39 is 0 Å². The van der Waals surface area contributed by atoms with Crippen molar-refractivity contribution in [1.29, 1.82) is 0 Å². The van der Waals surface area contributed by atoms with Crippen LogP contribution in [-0.2, 0) is 11.3 Å². The first-order valence-corrected chi connectivity index (χ1v) is 9.71. The van der Waals surface area contributed by atoms with Crippen LogP contribution in [-0.4, -0.2) is 52.8 Å². The third kappa shape index (κ3) is 3.19. The molecule has 2 aromatic rings. The average Bonchev–Trinajstić information content (AvgIpc) is 3.04. The van der Waals surface area contributed by atoms with Crippen LogP contribution >= 0.6 is 11.3 Å². The summed E-state index contributed by atoms with van der Waals surface area (Å²) in [5, 5.41) is 1.98. The third-order valence-corrected chi connectivity index (χ3v) is 5.85. The molecule has 3 fully saturated rings. The molecule has 0 N–H and O–H groups in total. The van der Waals surface area contributed by atoms with Crippen LogP contribution in [0.4, 0.5) is 0 Å². The van der Waals surface area contributed by atoms with Gasteiger partial charge in [-0.15, -0.1) is 11.3 Å². The molecule has 2 atom stereocenters. The Morgan fingerprint density at radius 2 is 2.23 bits per heavy atom. The van der Waals surface area contributed by atoms with E-state index in [1.165, 1.54) is 11.3 Å². The van der Waals surface area contributed by atoms with Crippen LogP contribution in [0.15, 0.2) is 35.2 Å². The topological polar surface area (TPSA) is 62.7 Å². The van der Waals surface area contributed by atoms with Crippen LogP contribution in [0, 0.1) is 5.92 Å². The summed E-state index contributed by atoms with van der Waals surface area (Å²) in [6, 6.07) is 7.24. The number of rotatable bonds is 4. The van der Waals surface area contributed by atoms with Crippen LogP contribution in [0.5, 0.6) is 5.75 Å². The van der Waals surface area contributed by atoms with Gasteiger partial charge in [0, 0.05) is 30.1 Å². The Bertz CT molecular complexity index is 808. The molecule has 0 aliphatic carbocycles. The molecule has 136 valence electrons. The van der Waals surface area contributed by atoms with Crippen molar-refractivity contribution in [1.82, 2.24) is 14.8 Å². The second-order valence-corrected chi connectivity index (χ2v) is 7.53. The Hall–Kier alpha value is -2.41. The molecule has 3 aliphatic rings. The molecular weight excluding hydrogens is 350 g/mol. The van der Waals surface area contributed by atoms with Gasteiger partial charge in [-0.3, -0.25) is 9.59 Å². The zero-order chi connectivity index (χ0) is 18.1. The fourth-order valence-electron chi connectivity index (χ4n) is 3.84. The monoisotopic (exact) mass is 371 g/mol. The Morgan fingerprint density at radius 1 is 1.35 bits per heavy atom. The van der Waals surface area contributed by atoms with Crippen LogP contribution in [0.2, 0.25) is 0 Å². The number of nitrogens with zero attached hydrogens (tertiary/aromatic N) is 3. The first-order valence-electron chi connectivity index (χ1n) is 8.76. The van der Waals surface area contributed by atoms with E-state index in [0.717, 1.165) is 18.5 Å². The predicted molar refractivity (Wildman–Crippen MR) is 98.1 cm³/mol. The zero-order valence-electron chi connectivity index (χ0n) is 14.6. The Kier molecular flexibility index (Phi) is 4.63. The summed E-state index contributed by atoms with van der Waals surface area (Å²) >= 11 is 1.54. The highest BCUT2D eigenvalue weighted by Gasteiger charge is 2.42. The highest BCUT2D eigenvalue weighted by atomic mass is 32.1. The summed E-state index contributed by atoms with van der Waals surface area (Å²) in [5.74, 6) is 0.649. The molecule has 0 unspecified atom stereocenters. The van der Waals surface area contributed by atoms with Gasteiger partial charge in [-0.05, 0) is 31.0 Å². The predicted octanol–water partition coefficient (Wildman–Crippen LogP) is 2.41. The first-order chi connectivity index (χ1) is 12.7. The molecule has 0 radical (unpaired) electrons. The number of ether oxygens (including phenoxy) is 1. The minimum absolute atomic E-state index is 0.0379. The number of carbonyl (C=O) groups excluding carboxylic acids is 2. The number of methoxy groups -OCH3 is 1. The molecule has 1 aromatic heterocycles. The number of hydrogen-bond donors (Lipinski definition) is 0. The molecule has 6 nitrogen and oxygen atoms in total. The minimum Gasteiger partial charge on any atom is -0.497 e. The summed E-state index contributed by atoms with van der Waals surface area (Å²) in [7, 11) is 1.59. The number of benzene rings is 1. The van der Waals surface area contributed by atoms with Gasteiger partial charge >= 0.3 is 0 Å². The van der Waals surface area contributed by atoms with Gasteiger partial charge in [-0.1, -0.05) is 6.07 Å². The highest BCUT2D eigenvalue weighted by Crippen LogP contribution is 2.31. The summed E-state index contributed by atoms with van der Waals surface area (Å²) in [5.41, 5.74) is 3.31. The van der Waals surface area contributed by atoms with Crippen LogP contribution < -0.4 is 4.74 Å². The standard InChI is InChI=1S/C19H21N3O3S/c1-25-17-4-2-3-13(7-17)18(23)21-8-14-5-6-16(10-21)22(19(14)24)9-15-11-26-12-20-15/h2-4,7,11-12,14,16H,5-6,8-10H2,1H3/t14-,16+/m1/s1. The van der Waals surface area contributed by atoms with E-state index in [2.05, 4.69) is 4.98 Å². The summed E-state index contributed by atoms with van der Waals surface area (Å²) < 4.78 is 5.23. The Labute approximate surface area is 156 Å². The van der Waals surface area contributed by atoms with Crippen molar-refractivity contribution < 1.29 is 14.3 Å². The number of piperidine rings is 1. The highest BCUT2D eigenvalue weighted by molar-refractivity contribution is 7.07. The number of thiazole rings is 1. The van der Waals surface area contributed by atoms with E-state index in [0.29, 0.717) is 30.9 Å². The van der Waals surface area contributed by atoms with E-state index in [-0.39, 0.29) is 23.8 Å². The molecule has 7 heteroatoms. The number of fused-ring (bicyclic) bond motifs is 4. The average molecular weight is 371 g/mol. The van der Waals surface area contributed by atoms with Gasteiger partial charge in [0.25, 0.3) is 5.91 Å². The van der Waals surface area contributed by atoms with Gasteiger partial charge in [-0.2, -0.15) is 0 Å². The molecule has 3 aliphatic heterocycles. The van der Waals surface area contributed by atoms with E-state index in [1.54, 1.807) is 24.8 Å². The van der Waals surface area contributed by atoms with Crippen molar-refractivity contribution in [2.75, 3.05) is 20.2 Å². The molecule has 2 bridgehead atoms. The molecule has 3 saturated heterocycles. The van der Waals surface area contributed by atoms with E-state index in [9.17, 15) is 9.59 Å². The second kappa shape index (κ2) is 7.07.